The summed E-state index contributed by atoms with van der Waals surface area (Å²) < 4.78 is 10.5. The van der Waals surface area contributed by atoms with Gasteiger partial charge in [-0.25, -0.2) is 14.6 Å². The van der Waals surface area contributed by atoms with Gasteiger partial charge in [0, 0.05) is 4.88 Å². The number of esters is 2. The van der Waals surface area contributed by atoms with E-state index in [4.69, 9.17) is 9.47 Å². The van der Waals surface area contributed by atoms with E-state index in [-0.39, 0.29) is 12.3 Å². The second-order valence-corrected chi connectivity index (χ2v) is 8.52. The predicted octanol–water partition coefficient (Wildman–Crippen LogP) is 3.93. The number of rotatable bonds is 6. The summed E-state index contributed by atoms with van der Waals surface area (Å²) in [7, 11) is 0. The average Bonchev–Trinajstić information content (AvgIpc) is 3.16. The molecule has 1 aromatic carbocycles. The smallest absolute Gasteiger partial charge is 0.359 e. The van der Waals surface area contributed by atoms with E-state index in [9.17, 15) is 14.4 Å². The van der Waals surface area contributed by atoms with Crippen molar-refractivity contribution >= 4 is 45.2 Å². The van der Waals surface area contributed by atoms with Crippen LogP contribution in [0.4, 0.5) is 5.00 Å². The Kier molecular flexibility index (Phi) is 6.45. The van der Waals surface area contributed by atoms with Crippen molar-refractivity contribution in [3.8, 4) is 0 Å². The first-order valence-corrected chi connectivity index (χ1v) is 11.3. The van der Waals surface area contributed by atoms with Crippen molar-refractivity contribution in [1.82, 2.24) is 9.97 Å². The van der Waals surface area contributed by atoms with Gasteiger partial charge < -0.3 is 14.8 Å². The van der Waals surface area contributed by atoms with E-state index in [1.165, 1.54) is 24.5 Å². The standard InChI is InChI=1S/C23H23N3O5S/c1-3-30-23(29)19-14-8-4-7-11-18(14)32-21(19)26-20(27)13(2)31-22(28)17-12-24-15-9-5-6-10-16(15)25-17/h5-6,9-10,12-13H,3-4,7-8,11H2,1-2H3,(H,26,27). The van der Waals surface area contributed by atoms with Crippen molar-refractivity contribution in [3.05, 3.63) is 52.2 Å². The number of hydrogen-bond acceptors (Lipinski definition) is 8. The lowest BCUT2D eigenvalue weighted by atomic mass is 9.95. The molecule has 1 aliphatic rings. The van der Waals surface area contributed by atoms with Gasteiger partial charge in [-0.1, -0.05) is 12.1 Å². The molecule has 1 atom stereocenters. The van der Waals surface area contributed by atoms with E-state index < -0.39 is 23.9 Å². The number of fused-ring (bicyclic) bond motifs is 2. The van der Waals surface area contributed by atoms with Crippen LogP contribution in [0.25, 0.3) is 11.0 Å². The minimum atomic E-state index is -1.09. The van der Waals surface area contributed by atoms with Crippen LogP contribution in [0.2, 0.25) is 0 Å². The van der Waals surface area contributed by atoms with Gasteiger partial charge in [0.05, 0.1) is 29.4 Å². The minimum absolute atomic E-state index is 0.0159. The Morgan fingerprint density at radius 3 is 2.66 bits per heavy atom. The average molecular weight is 454 g/mol. The number of aromatic nitrogens is 2. The summed E-state index contributed by atoms with van der Waals surface area (Å²) in [6, 6.07) is 7.15. The molecule has 1 unspecified atom stereocenters. The number of para-hydroxylation sites is 2. The summed E-state index contributed by atoms with van der Waals surface area (Å²) >= 11 is 1.38. The zero-order valence-corrected chi connectivity index (χ0v) is 18.7. The number of nitrogens with zero attached hydrogens (tertiary/aromatic N) is 2. The summed E-state index contributed by atoms with van der Waals surface area (Å²) in [6.07, 6.45) is 3.91. The van der Waals surface area contributed by atoms with Gasteiger partial charge in [0.2, 0.25) is 0 Å². The molecule has 4 rings (SSSR count). The third-order valence-corrected chi connectivity index (χ3v) is 6.41. The number of aryl methyl sites for hydroxylation is 1. The van der Waals surface area contributed by atoms with Crippen molar-refractivity contribution in [2.75, 3.05) is 11.9 Å². The molecule has 0 saturated heterocycles. The number of carbonyl (C=O) groups excluding carboxylic acids is 3. The molecule has 3 aromatic rings. The van der Waals surface area contributed by atoms with Crippen LogP contribution in [0.5, 0.6) is 0 Å². The highest BCUT2D eigenvalue weighted by molar-refractivity contribution is 7.17. The van der Waals surface area contributed by atoms with Gasteiger partial charge in [0.25, 0.3) is 5.91 Å². The van der Waals surface area contributed by atoms with Crippen molar-refractivity contribution in [1.29, 1.82) is 0 Å². The fraction of sp³-hybridized carbons (Fsp3) is 0.348. The fourth-order valence-electron chi connectivity index (χ4n) is 3.62. The summed E-state index contributed by atoms with van der Waals surface area (Å²) in [5, 5.41) is 3.20. The molecule has 0 aliphatic heterocycles. The van der Waals surface area contributed by atoms with E-state index in [0.29, 0.717) is 21.6 Å². The third-order valence-electron chi connectivity index (χ3n) is 5.20. The Bertz CT molecular complexity index is 1190. The maximum Gasteiger partial charge on any atom is 0.359 e. The predicted molar refractivity (Wildman–Crippen MR) is 120 cm³/mol. The van der Waals surface area contributed by atoms with Gasteiger partial charge in [-0.3, -0.25) is 9.78 Å². The van der Waals surface area contributed by atoms with Crippen LogP contribution in [0.1, 0.15) is 58.0 Å². The van der Waals surface area contributed by atoms with Gasteiger partial charge in [-0.05, 0) is 57.2 Å². The molecule has 0 fully saturated rings. The lowest BCUT2D eigenvalue weighted by Crippen LogP contribution is -2.30. The SMILES string of the molecule is CCOC(=O)c1c(NC(=O)C(C)OC(=O)c2cnc3ccccc3n2)sc2c1CCCC2. The van der Waals surface area contributed by atoms with Gasteiger partial charge in [-0.15, -0.1) is 11.3 Å². The Hall–Kier alpha value is -3.33. The van der Waals surface area contributed by atoms with Crippen molar-refractivity contribution < 1.29 is 23.9 Å². The molecule has 0 spiro atoms. The van der Waals surface area contributed by atoms with E-state index in [1.807, 2.05) is 6.07 Å². The van der Waals surface area contributed by atoms with E-state index in [1.54, 1.807) is 25.1 Å². The number of anilines is 1. The molecule has 0 saturated carbocycles. The van der Waals surface area contributed by atoms with Crippen LogP contribution in [0, 0.1) is 0 Å². The highest BCUT2D eigenvalue weighted by Crippen LogP contribution is 2.38. The second-order valence-electron chi connectivity index (χ2n) is 7.42. The molecule has 8 nitrogen and oxygen atoms in total. The number of carbonyl (C=O) groups is 3. The van der Waals surface area contributed by atoms with Gasteiger partial charge in [0.1, 0.15) is 5.00 Å². The molecule has 9 heteroatoms. The number of thiophene rings is 1. The van der Waals surface area contributed by atoms with Gasteiger partial charge in [0.15, 0.2) is 11.8 Å². The molecular weight excluding hydrogens is 430 g/mol. The molecule has 1 aliphatic carbocycles. The van der Waals surface area contributed by atoms with E-state index >= 15 is 0 Å². The quantitative estimate of drug-likeness (QED) is 0.564. The Balaban J connectivity index is 1.49. The molecule has 2 aromatic heterocycles. The molecule has 166 valence electrons. The monoisotopic (exact) mass is 453 g/mol. The highest BCUT2D eigenvalue weighted by atomic mass is 32.1. The first kappa shape index (κ1) is 21.9. The normalized spacial score (nSPS) is 13.8. The molecule has 32 heavy (non-hydrogen) atoms. The molecule has 1 N–H and O–H groups in total. The van der Waals surface area contributed by atoms with Gasteiger partial charge >= 0.3 is 11.9 Å². The highest BCUT2D eigenvalue weighted by Gasteiger charge is 2.29. The maximum atomic E-state index is 12.8. The van der Waals surface area contributed by atoms with Crippen molar-refractivity contribution in [2.45, 2.75) is 45.6 Å². The van der Waals surface area contributed by atoms with Crippen molar-refractivity contribution in [3.63, 3.8) is 0 Å². The lowest BCUT2D eigenvalue weighted by Gasteiger charge is -2.14. The Morgan fingerprint density at radius 2 is 1.88 bits per heavy atom. The molecule has 1 amide bonds. The van der Waals surface area contributed by atoms with E-state index in [0.717, 1.165) is 36.1 Å². The summed E-state index contributed by atoms with van der Waals surface area (Å²) in [6.45, 7) is 3.46. The number of ether oxygens (including phenoxy) is 2. The second kappa shape index (κ2) is 9.44. The number of hydrogen-bond donors (Lipinski definition) is 1. The number of nitrogens with one attached hydrogen (secondary N) is 1. The first-order chi connectivity index (χ1) is 15.5. The van der Waals surface area contributed by atoms with Crippen LogP contribution in [0.3, 0.4) is 0 Å². The largest absolute Gasteiger partial charge is 0.462 e. The minimum Gasteiger partial charge on any atom is -0.462 e. The zero-order chi connectivity index (χ0) is 22.7. The molecule has 2 heterocycles. The summed E-state index contributed by atoms with van der Waals surface area (Å²) in [4.78, 5) is 47.3. The Morgan fingerprint density at radius 1 is 1.12 bits per heavy atom. The van der Waals surface area contributed by atoms with E-state index in [2.05, 4.69) is 15.3 Å². The Labute approximate surface area is 189 Å². The van der Waals surface area contributed by atoms with Crippen LogP contribution in [0.15, 0.2) is 30.5 Å². The third kappa shape index (κ3) is 4.47. The van der Waals surface area contributed by atoms with Gasteiger partial charge in [-0.2, -0.15) is 0 Å². The van der Waals surface area contributed by atoms with Crippen molar-refractivity contribution in [2.24, 2.45) is 0 Å². The maximum absolute atomic E-state index is 12.8. The summed E-state index contributed by atoms with van der Waals surface area (Å²) in [5.41, 5.74) is 2.59. The van der Waals surface area contributed by atoms with Crippen LogP contribution in [-0.2, 0) is 27.1 Å². The topological polar surface area (TPSA) is 107 Å². The fourth-order valence-corrected chi connectivity index (χ4v) is 4.90. The van der Waals surface area contributed by atoms with Crippen LogP contribution >= 0.6 is 11.3 Å². The number of amides is 1. The number of benzene rings is 1. The summed E-state index contributed by atoms with van der Waals surface area (Å²) in [5.74, 6) is -1.73. The van der Waals surface area contributed by atoms with Crippen LogP contribution in [-0.4, -0.2) is 40.5 Å². The van der Waals surface area contributed by atoms with Crippen LogP contribution < -0.4 is 5.32 Å². The molecule has 0 radical (unpaired) electrons. The molecular formula is C23H23N3O5S. The molecule has 0 bridgehead atoms. The zero-order valence-electron chi connectivity index (χ0n) is 17.8. The first-order valence-electron chi connectivity index (χ1n) is 10.5. The lowest BCUT2D eigenvalue weighted by molar-refractivity contribution is -0.123.